The molecular formula is C28H35N3O4. The lowest BCUT2D eigenvalue weighted by molar-refractivity contribution is -0.144. The molecular weight excluding hydrogens is 442 g/mol. The average Bonchev–Trinajstić information content (AvgIpc) is 3.12. The number of aromatic nitrogens is 1. The number of hydrogen-bond donors (Lipinski definition) is 0. The maximum atomic E-state index is 13.9. The van der Waals surface area contributed by atoms with Crippen LogP contribution in [0.25, 0.3) is 0 Å². The number of piperidine rings is 1. The van der Waals surface area contributed by atoms with E-state index in [0.717, 1.165) is 31.2 Å². The largest absolute Gasteiger partial charge is 0.497 e. The zero-order valence-electron chi connectivity index (χ0n) is 20.9. The van der Waals surface area contributed by atoms with E-state index in [1.807, 2.05) is 35.4 Å². The number of carbonyl (C=O) groups excluding carboxylic acids is 3. The van der Waals surface area contributed by atoms with Crippen LogP contribution in [0.1, 0.15) is 69.5 Å². The third-order valence-electron chi connectivity index (χ3n) is 7.33. The van der Waals surface area contributed by atoms with Crippen molar-refractivity contribution in [3.63, 3.8) is 0 Å². The Bertz CT molecular complexity index is 1050. The zero-order valence-corrected chi connectivity index (χ0v) is 20.9. The minimum Gasteiger partial charge on any atom is -0.497 e. The number of nitrogens with zero attached hydrogens (tertiary/aromatic N) is 3. The fraction of sp³-hybridized carbons (Fsp3) is 0.500. The summed E-state index contributed by atoms with van der Waals surface area (Å²) >= 11 is 0. The van der Waals surface area contributed by atoms with Crippen LogP contribution in [0.5, 0.6) is 5.75 Å². The van der Waals surface area contributed by atoms with E-state index in [1.54, 1.807) is 25.4 Å². The van der Waals surface area contributed by atoms with E-state index < -0.39 is 5.41 Å². The molecule has 0 spiro atoms. The first-order valence-corrected chi connectivity index (χ1v) is 12.5. The molecule has 2 aliphatic heterocycles. The van der Waals surface area contributed by atoms with Crippen molar-refractivity contribution in [1.29, 1.82) is 0 Å². The fourth-order valence-corrected chi connectivity index (χ4v) is 5.30. The Labute approximate surface area is 207 Å². The minimum absolute atomic E-state index is 0.00734. The molecule has 186 valence electrons. The zero-order chi connectivity index (χ0) is 25.0. The van der Waals surface area contributed by atoms with Crippen molar-refractivity contribution in [1.82, 2.24) is 14.8 Å². The van der Waals surface area contributed by atoms with Crippen LogP contribution < -0.4 is 4.74 Å². The minimum atomic E-state index is -1.20. The van der Waals surface area contributed by atoms with Crippen LogP contribution in [0.3, 0.4) is 0 Å². The van der Waals surface area contributed by atoms with Crippen LogP contribution in [-0.4, -0.2) is 52.7 Å². The molecule has 0 N–H and O–H groups in total. The van der Waals surface area contributed by atoms with Gasteiger partial charge in [0.15, 0.2) is 0 Å². The number of methoxy groups -OCH3 is 1. The second-order valence-electron chi connectivity index (χ2n) is 10.1. The molecule has 0 radical (unpaired) electrons. The molecule has 2 aliphatic rings. The van der Waals surface area contributed by atoms with Crippen molar-refractivity contribution in [2.24, 2.45) is 5.92 Å². The van der Waals surface area contributed by atoms with Gasteiger partial charge in [0.25, 0.3) is 0 Å². The first-order chi connectivity index (χ1) is 16.9. The lowest BCUT2D eigenvalue weighted by Gasteiger charge is -2.38. The van der Waals surface area contributed by atoms with Gasteiger partial charge in [0, 0.05) is 38.3 Å². The van der Waals surface area contributed by atoms with Crippen LogP contribution in [0.2, 0.25) is 0 Å². The highest BCUT2D eigenvalue weighted by molar-refractivity contribution is 6.10. The maximum absolute atomic E-state index is 13.9. The van der Waals surface area contributed by atoms with Gasteiger partial charge in [-0.25, -0.2) is 0 Å². The first-order valence-electron chi connectivity index (χ1n) is 12.5. The lowest BCUT2D eigenvalue weighted by atomic mass is 9.75. The summed E-state index contributed by atoms with van der Waals surface area (Å²) in [6.07, 6.45) is 7.07. The van der Waals surface area contributed by atoms with E-state index in [2.05, 4.69) is 18.8 Å². The summed E-state index contributed by atoms with van der Waals surface area (Å²) in [7, 11) is 1.58. The second-order valence-corrected chi connectivity index (χ2v) is 10.1. The number of likely N-dealkylation sites (tertiary alicyclic amines) is 2. The molecule has 3 heterocycles. The molecule has 0 aliphatic carbocycles. The molecule has 1 aromatic heterocycles. The highest BCUT2D eigenvalue weighted by Crippen LogP contribution is 2.42. The van der Waals surface area contributed by atoms with Gasteiger partial charge in [0.1, 0.15) is 5.75 Å². The summed E-state index contributed by atoms with van der Waals surface area (Å²) in [5.74, 6) is 0.456. The monoisotopic (exact) mass is 477 g/mol. The smallest absolute Gasteiger partial charge is 0.240 e. The van der Waals surface area contributed by atoms with E-state index in [9.17, 15) is 14.4 Å². The van der Waals surface area contributed by atoms with Crippen molar-refractivity contribution < 1.29 is 19.1 Å². The van der Waals surface area contributed by atoms with E-state index >= 15 is 0 Å². The third kappa shape index (κ3) is 5.09. The summed E-state index contributed by atoms with van der Waals surface area (Å²) < 4.78 is 5.29. The molecule has 0 unspecified atom stereocenters. The molecule has 3 amide bonds. The molecule has 7 nitrogen and oxygen atoms in total. The second kappa shape index (κ2) is 10.6. The van der Waals surface area contributed by atoms with Gasteiger partial charge in [-0.2, -0.15) is 0 Å². The van der Waals surface area contributed by atoms with Gasteiger partial charge in [0.2, 0.25) is 17.7 Å². The van der Waals surface area contributed by atoms with Crippen molar-refractivity contribution in [3.05, 3.63) is 59.9 Å². The van der Waals surface area contributed by atoms with Crippen LogP contribution in [0.4, 0.5) is 0 Å². The Balaban J connectivity index is 1.67. The predicted octanol–water partition coefficient (Wildman–Crippen LogP) is 4.28. The highest BCUT2D eigenvalue weighted by atomic mass is 16.5. The number of benzene rings is 1. The van der Waals surface area contributed by atoms with Crippen LogP contribution in [-0.2, 0) is 19.8 Å². The van der Waals surface area contributed by atoms with Crippen molar-refractivity contribution >= 4 is 17.7 Å². The molecule has 2 saturated heterocycles. The Morgan fingerprint density at radius 3 is 2.60 bits per heavy atom. The Morgan fingerprint density at radius 2 is 1.94 bits per heavy atom. The molecule has 1 aromatic carbocycles. The van der Waals surface area contributed by atoms with Crippen molar-refractivity contribution in [3.8, 4) is 5.75 Å². The Morgan fingerprint density at radius 1 is 1.17 bits per heavy atom. The van der Waals surface area contributed by atoms with Gasteiger partial charge in [-0.05, 0) is 60.9 Å². The number of imide groups is 1. The summed E-state index contributed by atoms with van der Waals surface area (Å²) in [4.78, 5) is 48.3. The van der Waals surface area contributed by atoms with Gasteiger partial charge >= 0.3 is 0 Å². The number of carbonyl (C=O) groups is 3. The highest BCUT2D eigenvalue weighted by Gasteiger charge is 2.54. The summed E-state index contributed by atoms with van der Waals surface area (Å²) in [6.45, 7) is 5.15. The lowest BCUT2D eigenvalue weighted by Crippen LogP contribution is -2.45. The molecule has 2 aromatic rings. The third-order valence-corrected chi connectivity index (χ3v) is 7.33. The standard InChI is InChI=1S/C28H35N3O4/c1-20(2)13-16-31-26(33)18-28(27(31)34,22-9-11-23(35-3)12-10-22)17-25(32)30-15-5-4-8-24(30)21-7-6-14-29-19-21/h6-7,9-12,14,19-20,24H,4-5,8,13,15-18H2,1-3H3/t24-,28+/m0/s1. The van der Waals surface area contributed by atoms with Crippen molar-refractivity contribution in [2.45, 2.75) is 63.8 Å². The van der Waals surface area contributed by atoms with E-state index in [4.69, 9.17) is 4.74 Å². The number of amides is 3. The maximum Gasteiger partial charge on any atom is 0.240 e. The topological polar surface area (TPSA) is 79.8 Å². The summed E-state index contributed by atoms with van der Waals surface area (Å²) in [5.41, 5.74) is 0.493. The van der Waals surface area contributed by atoms with Gasteiger partial charge < -0.3 is 9.64 Å². The van der Waals surface area contributed by atoms with Crippen LogP contribution in [0, 0.1) is 5.92 Å². The van der Waals surface area contributed by atoms with Crippen LogP contribution in [0.15, 0.2) is 48.8 Å². The molecule has 0 bridgehead atoms. The van der Waals surface area contributed by atoms with Gasteiger partial charge in [-0.3, -0.25) is 24.3 Å². The molecule has 2 fully saturated rings. The Kier molecular flexibility index (Phi) is 7.53. The molecule has 0 saturated carbocycles. The van der Waals surface area contributed by atoms with E-state index in [0.29, 0.717) is 30.3 Å². The SMILES string of the molecule is COc1ccc([C@@]2(CC(=O)N3CCCC[C@H]3c3cccnc3)CC(=O)N(CCC(C)C)C2=O)cc1. The van der Waals surface area contributed by atoms with Gasteiger partial charge in [-0.15, -0.1) is 0 Å². The van der Waals surface area contributed by atoms with Crippen LogP contribution >= 0.6 is 0 Å². The van der Waals surface area contributed by atoms with E-state index in [-0.39, 0.29) is 36.6 Å². The summed E-state index contributed by atoms with van der Waals surface area (Å²) in [6, 6.07) is 11.0. The average molecular weight is 478 g/mol. The number of ether oxygens (including phenoxy) is 1. The first kappa shape index (κ1) is 24.9. The van der Waals surface area contributed by atoms with Gasteiger partial charge in [0.05, 0.1) is 18.6 Å². The fourth-order valence-electron chi connectivity index (χ4n) is 5.30. The van der Waals surface area contributed by atoms with Crippen molar-refractivity contribution in [2.75, 3.05) is 20.2 Å². The molecule has 4 rings (SSSR count). The molecule has 35 heavy (non-hydrogen) atoms. The number of rotatable bonds is 8. The number of hydrogen-bond acceptors (Lipinski definition) is 5. The number of pyridine rings is 1. The normalized spacial score (nSPS) is 22.7. The predicted molar refractivity (Wildman–Crippen MR) is 133 cm³/mol. The summed E-state index contributed by atoms with van der Waals surface area (Å²) in [5, 5.41) is 0. The molecule has 2 atom stereocenters. The molecule has 7 heteroatoms. The Hall–Kier alpha value is -3.22. The van der Waals surface area contributed by atoms with E-state index in [1.165, 1.54) is 4.90 Å². The quantitative estimate of drug-likeness (QED) is 0.531. The van der Waals surface area contributed by atoms with Gasteiger partial charge in [-0.1, -0.05) is 32.0 Å².